The Morgan fingerprint density at radius 1 is 1.28 bits per heavy atom. The van der Waals surface area contributed by atoms with Crippen LogP contribution in [0.5, 0.6) is 0 Å². The van der Waals surface area contributed by atoms with Gasteiger partial charge in [-0.3, -0.25) is 4.79 Å². The lowest BCUT2D eigenvalue weighted by molar-refractivity contribution is -0.113. The summed E-state index contributed by atoms with van der Waals surface area (Å²) < 4.78 is 7.94. The van der Waals surface area contributed by atoms with Gasteiger partial charge >= 0.3 is 0 Å². The second kappa shape index (κ2) is 10.3. The van der Waals surface area contributed by atoms with Crippen molar-refractivity contribution < 1.29 is 9.53 Å². The Labute approximate surface area is 177 Å². The molecule has 1 saturated heterocycles. The number of ether oxygens (including phenoxy) is 1. The number of aromatic nitrogens is 3. The van der Waals surface area contributed by atoms with Crippen molar-refractivity contribution in [3.63, 3.8) is 0 Å². The highest BCUT2D eigenvalue weighted by Gasteiger charge is 2.22. The van der Waals surface area contributed by atoms with Crippen molar-refractivity contribution in [3.8, 4) is 0 Å². The molecule has 29 heavy (non-hydrogen) atoms. The molecule has 1 unspecified atom stereocenters. The van der Waals surface area contributed by atoms with Crippen molar-refractivity contribution in [3.05, 3.63) is 35.2 Å². The zero-order valence-electron chi connectivity index (χ0n) is 17.9. The van der Waals surface area contributed by atoms with Gasteiger partial charge in [0.05, 0.1) is 18.4 Å². The van der Waals surface area contributed by atoms with E-state index in [0.717, 1.165) is 55.5 Å². The summed E-state index contributed by atoms with van der Waals surface area (Å²) in [7, 11) is 0. The number of anilines is 1. The van der Waals surface area contributed by atoms with Crippen LogP contribution in [0.2, 0.25) is 0 Å². The third-order valence-electron chi connectivity index (χ3n) is 5.27. The monoisotopic (exact) mass is 416 g/mol. The number of amides is 1. The first-order valence-electron chi connectivity index (χ1n) is 10.6. The molecule has 1 atom stereocenters. The molecule has 2 heterocycles. The van der Waals surface area contributed by atoms with Crippen LogP contribution in [-0.2, 0) is 28.9 Å². The van der Waals surface area contributed by atoms with Gasteiger partial charge in [-0.15, -0.1) is 10.2 Å². The van der Waals surface area contributed by atoms with E-state index in [9.17, 15) is 4.79 Å². The van der Waals surface area contributed by atoms with Crippen molar-refractivity contribution in [1.82, 2.24) is 14.8 Å². The van der Waals surface area contributed by atoms with E-state index in [1.807, 2.05) is 0 Å². The van der Waals surface area contributed by atoms with Gasteiger partial charge in [0.25, 0.3) is 0 Å². The molecular formula is C22H32N4O2S. The number of para-hydroxylation sites is 1. The van der Waals surface area contributed by atoms with E-state index in [4.69, 9.17) is 4.74 Å². The van der Waals surface area contributed by atoms with Crippen LogP contribution < -0.4 is 5.32 Å². The zero-order chi connectivity index (χ0) is 20.8. The number of thioether (sulfide) groups is 1. The number of benzene rings is 1. The summed E-state index contributed by atoms with van der Waals surface area (Å²) in [6.07, 6.45) is 4.16. The Morgan fingerprint density at radius 3 is 2.59 bits per heavy atom. The number of carbonyl (C=O) groups excluding carboxylic acids is 1. The van der Waals surface area contributed by atoms with Crippen molar-refractivity contribution in [2.75, 3.05) is 17.7 Å². The number of aryl methyl sites for hydroxylation is 2. The Balaban J connectivity index is 1.69. The summed E-state index contributed by atoms with van der Waals surface area (Å²) in [4.78, 5) is 12.7. The molecule has 1 fully saturated rings. The average molecular weight is 417 g/mol. The van der Waals surface area contributed by atoms with E-state index >= 15 is 0 Å². The van der Waals surface area contributed by atoms with E-state index in [1.54, 1.807) is 0 Å². The van der Waals surface area contributed by atoms with Crippen LogP contribution in [0, 0.1) is 0 Å². The van der Waals surface area contributed by atoms with Crippen LogP contribution in [0.4, 0.5) is 5.69 Å². The first-order valence-corrected chi connectivity index (χ1v) is 11.6. The molecule has 0 saturated carbocycles. The minimum atomic E-state index is -0.0108. The minimum absolute atomic E-state index is 0.0108. The van der Waals surface area contributed by atoms with Crippen LogP contribution in [0.25, 0.3) is 0 Å². The van der Waals surface area contributed by atoms with Gasteiger partial charge in [0.1, 0.15) is 5.82 Å². The Hall–Kier alpha value is -1.86. The van der Waals surface area contributed by atoms with Gasteiger partial charge in [-0.25, -0.2) is 0 Å². The molecule has 3 rings (SSSR count). The summed E-state index contributed by atoms with van der Waals surface area (Å²) >= 11 is 1.44. The summed E-state index contributed by atoms with van der Waals surface area (Å²) in [5, 5.41) is 12.7. The molecule has 158 valence electrons. The van der Waals surface area contributed by atoms with E-state index in [2.05, 4.69) is 66.0 Å². The number of nitrogens with one attached hydrogen (secondary N) is 1. The molecule has 0 radical (unpaired) electrons. The third kappa shape index (κ3) is 5.39. The van der Waals surface area contributed by atoms with Crippen LogP contribution in [0.1, 0.15) is 63.4 Å². The van der Waals surface area contributed by atoms with E-state index in [0.29, 0.717) is 5.75 Å². The number of hydrogen-bond donors (Lipinski definition) is 1. The van der Waals surface area contributed by atoms with Crippen molar-refractivity contribution >= 4 is 23.4 Å². The lowest BCUT2D eigenvalue weighted by Crippen LogP contribution is -2.20. The standard InChI is InChI=1S/C22H32N4O2S/c1-5-16-9-7-10-17(6-2)20(16)23-19(27)14-29-22-25-24-21(15(3)4)26(22)13-18-11-8-12-28-18/h7,9-10,15,18H,5-6,8,11-14H2,1-4H3,(H,23,27). The van der Waals surface area contributed by atoms with Crippen LogP contribution in [0.15, 0.2) is 23.4 Å². The van der Waals surface area contributed by atoms with Gasteiger partial charge in [0, 0.05) is 18.2 Å². The summed E-state index contributed by atoms with van der Waals surface area (Å²) in [6.45, 7) is 10.0. The maximum Gasteiger partial charge on any atom is 0.234 e. The molecule has 1 aliphatic rings. The fourth-order valence-electron chi connectivity index (χ4n) is 3.71. The summed E-state index contributed by atoms with van der Waals surface area (Å²) in [5.74, 6) is 1.52. The maximum atomic E-state index is 12.7. The van der Waals surface area contributed by atoms with Crippen molar-refractivity contribution in [2.45, 2.75) is 77.1 Å². The topological polar surface area (TPSA) is 69.0 Å². The Morgan fingerprint density at radius 2 is 2.00 bits per heavy atom. The highest BCUT2D eigenvalue weighted by Crippen LogP contribution is 2.26. The fourth-order valence-corrected chi connectivity index (χ4v) is 4.46. The van der Waals surface area contributed by atoms with Gasteiger partial charge in [-0.2, -0.15) is 0 Å². The van der Waals surface area contributed by atoms with Crippen molar-refractivity contribution in [2.24, 2.45) is 0 Å². The predicted octanol–water partition coefficient (Wildman–Crippen LogP) is 4.44. The zero-order valence-corrected chi connectivity index (χ0v) is 18.7. The molecule has 1 aromatic carbocycles. The quantitative estimate of drug-likeness (QED) is 0.612. The number of nitrogens with zero attached hydrogens (tertiary/aromatic N) is 3. The largest absolute Gasteiger partial charge is 0.376 e. The number of rotatable bonds is 9. The second-order valence-corrected chi connectivity index (χ2v) is 8.68. The number of hydrogen-bond acceptors (Lipinski definition) is 5. The van der Waals surface area contributed by atoms with Gasteiger partial charge in [0.15, 0.2) is 5.16 Å². The van der Waals surface area contributed by atoms with Gasteiger partial charge in [0.2, 0.25) is 5.91 Å². The third-order valence-corrected chi connectivity index (χ3v) is 6.23. The molecule has 1 N–H and O–H groups in total. The smallest absolute Gasteiger partial charge is 0.234 e. The molecule has 0 spiro atoms. The summed E-state index contributed by atoms with van der Waals surface area (Å²) in [5.41, 5.74) is 3.31. The first-order chi connectivity index (χ1) is 14.0. The fraction of sp³-hybridized carbons (Fsp3) is 0.591. The first kappa shape index (κ1) is 21.8. The van der Waals surface area contributed by atoms with E-state index in [1.165, 1.54) is 22.9 Å². The van der Waals surface area contributed by atoms with Crippen LogP contribution in [-0.4, -0.2) is 39.1 Å². The van der Waals surface area contributed by atoms with E-state index in [-0.39, 0.29) is 17.9 Å². The second-order valence-electron chi connectivity index (χ2n) is 7.74. The molecule has 1 aromatic heterocycles. The minimum Gasteiger partial charge on any atom is -0.376 e. The van der Waals surface area contributed by atoms with Crippen molar-refractivity contribution in [1.29, 1.82) is 0 Å². The molecule has 0 bridgehead atoms. The Bertz CT molecular complexity index is 806. The molecule has 1 aliphatic heterocycles. The van der Waals surface area contributed by atoms with E-state index < -0.39 is 0 Å². The van der Waals surface area contributed by atoms with Crippen LogP contribution >= 0.6 is 11.8 Å². The highest BCUT2D eigenvalue weighted by atomic mass is 32.2. The molecule has 6 nitrogen and oxygen atoms in total. The highest BCUT2D eigenvalue weighted by molar-refractivity contribution is 7.99. The molecule has 2 aromatic rings. The lowest BCUT2D eigenvalue weighted by atomic mass is 10.0. The predicted molar refractivity (Wildman–Crippen MR) is 118 cm³/mol. The van der Waals surface area contributed by atoms with Crippen LogP contribution in [0.3, 0.4) is 0 Å². The van der Waals surface area contributed by atoms with Gasteiger partial charge in [-0.1, -0.05) is 57.7 Å². The summed E-state index contributed by atoms with van der Waals surface area (Å²) in [6, 6.07) is 6.22. The Kier molecular flexibility index (Phi) is 7.72. The normalized spacial score (nSPS) is 16.5. The SMILES string of the molecule is CCc1cccc(CC)c1NC(=O)CSc1nnc(C(C)C)n1CC1CCCO1. The molecular weight excluding hydrogens is 384 g/mol. The molecule has 7 heteroatoms. The lowest BCUT2D eigenvalue weighted by Gasteiger charge is -2.16. The molecule has 0 aliphatic carbocycles. The molecule has 1 amide bonds. The van der Waals surface area contributed by atoms with Gasteiger partial charge < -0.3 is 14.6 Å². The number of carbonyl (C=O) groups is 1. The van der Waals surface area contributed by atoms with Gasteiger partial charge in [-0.05, 0) is 36.8 Å². The maximum absolute atomic E-state index is 12.7. The average Bonchev–Trinajstić information content (AvgIpc) is 3.37.